The van der Waals surface area contributed by atoms with Crippen molar-refractivity contribution in [3.05, 3.63) is 48.1 Å². The zero-order valence-corrected chi connectivity index (χ0v) is 8.39. The summed E-state index contributed by atoms with van der Waals surface area (Å²) in [5.74, 6) is 0. The number of allylic oxidation sites excluding steroid dienone is 7. The number of rotatable bonds is 5. The molecule has 0 aromatic carbocycles. The summed E-state index contributed by atoms with van der Waals surface area (Å²) in [5.41, 5.74) is 1.92. The van der Waals surface area contributed by atoms with Crippen LogP contribution in [-0.2, 0) is 0 Å². The molecule has 0 bridgehead atoms. The van der Waals surface area contributed by atoms with Crippen LogP contribution in [0.25, 0.3) is 0 Å². The summed E-state index contributed by atoms with van der Waals surface area (Å²) in [5, 5.41) is 0. The number of hydrogen-bond acceptors (Lipinski definition) is 0. The summed E-state index contributed by atoms with van der Waals surface area (Å²) < 4.78 is 11.9. The Kier molecular flexibility index (Phi) is 6.89. The molecule has 0 aromatic heterocycles. The minimum Gasteiger partial charge on any atom is -0.247 e. The van der Waals surface area contributed by atoms with Crippen molar-refractivity contribution in [2.24, 2.45) is 0 Å². The van der Waals surface area contributed by atoms with Gasteiger partial charge in [-0.05, 0) is 24.5 Å². The lowest BCUT2D eigenvalue weighted by Gasteiger charge is -2.00. The predicted octanol–water partition coefficient (Wildman–Crippen LogP) is 3.98. The van der Waals surface area contributed by atoms with Gasteiger partial charge in [0.1, 0.15) is 6.67 Å². The first-order chi connectivity index (χ1) is 6.26. The zero-order valence-electron chi connectivity index (χ0n) is 8.39. The maximum absolute atomic E-state index is 11.9. The molecule has 0 saturated carbocycles. The normalized spacial score (nSPS) is 13.0. The average Bonchev–Trinajstić information content (AvgIpc) is 2.12. The zero-order chi connectivity index (χ0) is 10.1. The Bertz CT molecular complexity index is 232. The van der Waals surface area contributed by atoms with Crippen molar-refractivity contribution < 1.29 is 4.39 Å². The lowest BCUT2D eigenvalue weighted by Crippen LogP contribution is -1.81. The van der Waals surface area contributed by atoms with Gasteiger partial charge in [-0.25, -0.2) is 4.39 Å². The van der Waals surface area contributed by atoms with E-state index in [0.717, 1.165) is 17.6 Å². The molecule has 0 rings (SSSR count). The lowest BCUT2D eigenvalue weighted by atomic mass is 10.1. The van der Waals surface area contributed by atoms with Crippen molar-refractivity contribution in [1.82, 2.24) is 0 Å². The molecular weight excluding hydrogens is 163 g/mol. The van der Waals surface area contributed by atoms with E-state index >= 15 is 0 Å². The quantitative estimate of drug-likeness (QED) is 0.561. The maximum atomic E-state index is 11.9. The van der Waals surface area contributed by atoms with Gasteiger partial charge in [-0.1, -0.05) is 43.9 Å². The van der Waals surface area contributed by atoms with Crippen LogP contribution in [-0.4, -0.2) is 6.67 Å². The van der Waals surface area contributed by atoms with Gasteiger partial charge in [0.05, 0.1) is 0 Å². The van der Waals surface area contributed by atoms with Gasteiger partial charge in [-0.3, -0.25) is 0 Å². The van der Waals surface area contributed by atoms with E-state index in [9.17, 15) is 4.39 Å². The molecule has 0 aliphatic rings. The van der Waals surface area contributed by atoms with E-state index in [2.05, 4.69) is 6.58 Å². The molecule has 0 aromatic rings. The van der Waals surface area contributed by atoms with Crippen LogP contribution in [0.2, 0.25) is 0 Å². The third-order valence-electron chi connectivity index (χ3n) is 1.55. The molecule has 1 heteroatoms. The standard InChI is InChI=1S/C12H17F/c1-4-7-11(3)12(8-5-2)9-6-10-13/h4,6-9H,3,5,10H2,1-2H3. The van der Waals surface area contributed by atoms with E-state index in [4.69, 9.17) is 0 Å². The molecule has 0 amide bonds. The Hall–Kier alpha value is -1.11. The van der Waals surface area contributed by atoms with Gasteiger partial charge in [0.2, 0.25) is 0 Å². The highest BCUT2D eigenvalue weighted by Gasteiger charge is 1.92. The van der Waals surface area contributed by atoms with Crippen molar-refractivity contribution in [3.8, 4) is 0 Å². The highest BCUT2D eigenvalue weighted by atomic mass is 19.1. The van der Waals surface area contributed by atoms with Crippen LogP contribution in [0.1, 0.15) is 20.3 Å². The third kappa shape index (κ3) is 5.18. The molecule has 0 heterocycles. The first-order valence-corrected chi connectivity index (χ1v) is 4.50. The van der Waals surface area contributed by atoms with Gasteiger partial charge in [0, 0.05) is 0 Å². The van der Waals surface area contributed by atoms with Gasteiger partial charge in [-0.2, -0.15) is 0 Å². The molecule has 0 nitrogen and oxygen atoms in total. The second kappa shape index (κ2) is 7.53. The van der Waals surface area contributed by atoms with E-state index in [1.807, 2.05) is 32.1 Å². The Morgan fingerprint density at radius 2 is 2.08 bits per heavy atom. The van der Waals surface area contributed by atoms with Gasteiger partial charge < -0.3 is 0 Å². The molecule has 0 radical (unpaired) electrons. The topological polar surface area (TPSA) is 0 Å². The fraction of sp³-hybridized carbons (Fsp3) is 0.333. The molecule has 0 aliphatic heterocycles. The first-order valence-electron chi connectivity index (χ1n) is 4.50. The van der Waals surface area contributed by atoms with E-state index in [1.54, 1.807) is 6.08 Å². The van der Waals surface area contributed by atoms with E-state index in [0.29, 0.717) is 0 Å². The second-order valence-corrected chi connectivity index (χ2v) is 2.65. The summed E-state index contributed by atoms with van der Waals surface area (Å²) in [7, 11) is 0. The SMILES string of the molecule is C=C(C=CC)C(C=CCF)=CCC. The lowest BCUT2D eigenvalue weighted by molar-refractivity contribution is 0.561. The molecule has 0 unspecified atom stereocenters. The number of alkyl halides is 1. The fourth-order valence-electron chi connectivity index (χ4n) is 0.995. The van der Waals surface area contributed by atoms with Gasteiger partial charge in [0.15, 0.2) is 0 Å². The largest absolute Gasteiger partial charge is 0.247 e. The highest BCUT2D eigenvalue weighted by Crippen LogP contribution is 2.11. The molecule has 72 valence electrons. The van der Waals surface area contributed by atoms with Crippen molar-refractivity contribution >= 4 is 0 Å². The molecule has 0 N–H and O–H groups in total. The van der Waals surface area contributed by atoms with Crippen molar-refractivity contribution in [2.75, 3.05) is 6.67 Å². The van der Waals surface area contributed by atoms with Gasteiger partial charge in [0.25, 0.3) is 0 Å². The Labute approximate surface area is 80.2 Å². The van der Waals surface area contributed by atoms with Crippen molar-refractivity contribution in [3.63, 3.8) is 0 Å². The average molecular weight is 180 g/mol. The minimum atomic E-state index is -0.426. The summed E-state index contributed by atoms with van der Waals surface area (Å²) >= 11 is 0. The molecular formula is C12H17F. The highest BCUT2D eigenvalue weighted by molar-refractivity contribution is 5.44. The van der Waals surface area contributed by atoms with Crippen LogP contribution in [0.5, 0.6) is 0 Å². The van der Waals surface area contributed by atoms with E-state index in [1.165, 1.54) is 6.08 Å². The molecule has 0 aliphatic carbocycles. The van der Waals surface area contributed by atoms with Gasteiger partial charge >= 0.3 is 0 Å². The summed E-state index contributed by atoms with van der Waals surface area (Å²) in [6.07, 6.45) is 10.1. The third-order valence-corrected chi connectivity index (χ3v) is 1.55. The van der Waals surface area contributed by atoms with Crippen LogP contribution < -0.4 is 0 Å². The molecule has 13 heavy (non-hydrogen) atoms. The maximum Gasteiger partial charge on any atom is 0.108 e. The molecule has 0 saturated heterocycles. The summed E-state index contributed by atoms with van der Waals surface area (Å²) in [4.78, 5) is 0. The predicted molar refractivity (Wildman–Crippen MR) is 57.4 cm³/mol. The van der Waals surface area contributed by atoms with Crippen molar-refractivity contribution in [2.45, 2.75) is 20.3 Å². The van der Waals surface area contributed by atoms with Crippen molar-refractivity contribution in [1.29, 1.82) is 0 Å². The van der Waals surface area contributed by atoms with Crippen LogP contribution in [0.15, 0.2) is 48.1 Å². The Balaban J connectivity index is 4.52. The van der Waals surface area contributed by atoms with Crippen LogP contribution >= 0.6 is 0 Å². The summed E-state index contributed by atoms with van der Waals surface area (Å²) in [6.45, 7) is 7.45. The minimum absolute atomic E-state index is 0.426. The Morgan fingerprint density at radius 3 is 2.54 bits per heavy atom. The number of halogens is 1. The number of hydrogen-bond donors (Lipinski definition) is 0. The van der Waals surface area contributed by atoms with E-state index in [-0.39, 0.29) is 0 Å². The molecule has 0 fully saturated rings. The Morgan fingerprint density at radius 1 is 1.38 bits per heavy atom. The smallest absolute Gasteiger partial charge is 0.108 e. The monoisotopic (exact) mass is 180 g/mol. The van der Waals surface area contributed by atoms with E-state index < -0.39 is 6.67 Å². The summed E-state index contributed by atoms with van der Waals surface area (Å²) in [6, 6.07) is 0. The second-order valence-electron chi connectivity index (χ2n) is 2.65. The van der Waals surface area contributed by atoms with Crippen LogP contribution in [0.3, 0.4) is 0 Å². The van der Waals surface area contributed by atoms with Crippen LogP contribution in [0.4, 0.5) is 4.39 Å². The van der Waals surface area contributed by atoms with Gasteiger partial charge in [-0.15, -0.1) is 0 Å². The van der Waals surface area contributed by atoms with Crippen LogP contribution in [0, 0.1) is 0 Å². The first kappa shape index (κ1) is 11.9. The molecule has 0 atom stereocenters. The molecule has 0 spiro atoms. The fourth-order valence-corrected chi connectivity index (χ4v) is 0.995.